The maximum Gasteiger partial charge on any atom is 0.0631 e. The highest BCUT2D eigenvalue weighted by molar-refractivity contribution is 5.04. The molecule has 18 heavy (non-hydrogen) atoms. The molecule has 0 radical (unpaired) electrons. The van der Waals surface area contributed by atoms with Gasteiger partial charge in [-0.15, -0.1) is 0 Å². The van der Waals surface area contributed by atoms with Gasteiger partial charge in [-0.2, -0.15) is 5.10 Å². The van der Waals surface area contributed by atoms with Crippen molar-refractivity contribution in [3.05, 3.63) is 18.0 Å². The average Bonchev–Trinajstić information content (AvgIpc) is 2.73. The fraction of sp³-hybridized carbons (Fsp3) is 0.786. The summed E-state index contributed by atoms with van der Waals surface area (Å²) in [5, 5.41) is 8.08. The minimum atomic E-state index is 0.219. The number of rotatable bonds is 5. The van der Waals surface area contributed by atoms with Crippen molar-refractivity contribution in [2.75, 3.05) is 19.8 Å². The first-order valence-electron chi connectivity index (χ1n) is 6.89. The van der Waals surface area contributed by atoms with E-state index in [1.807, 2.05) is 17.9 Å². The van der Waals surface area contributed by atoms with Crippen LogP contribution in [-0.4, -0.2) is 35.6 Å². The van der Waals surface area contributed by atoms with Gasteiger partial charge in [-0.25, -0.2) is 0 Å². The SMILES string of the molecule is CC(C)NCC1(Cc2ccn(C)n2)CCCOC1. The number of nitrogens with one attached hydrogen (secondary N) is 1. The van der Waals surface area contributed by atoms with E-state index in [9.17, 15) is 0 Å². The standard InChI is InChI=1S/C14H25N3O/c1-12(2)15-10-14(6-4-8-18-11-14)9-13-5-7-17(3)16-13/h5,7,12,15H,4,6,8-11H2,1-3H3. The molecule has 1 aliphatic heterocycles. The lowest BCUT2D eigenvalue weighted by Crippen LogP contribution is -2.44. The number of hydrogen-bond donors (Lipinski definition) is 1. The Hall–Kier alpha value is -0.870. The zero-order chi connectivity index (χ0) is 13.0. The fourth-order valence-electron chi connectivity index (χ4n) is 2.61. The van der Waals surface area contributed by atoms with Crippen LogP contribution in [0.5, 0.6) is 0 Å². The highest BCUT2D eigenvalue weighted by atomic mass is 16.5. The number of aryl methyl sites for hydroxylation is 1. The van der Waals surface area contributed by atoms with Crippen LogP contribution < -0.4 is 5.32 Å². The van der Waals surface area contributed by atoms with E-state index in [2.05, 4.69) is 30.3 Å². The third-order valence-electron chi connectivity index (χ3n) is 3.61. The molecule has 0 amide bonds. The second kappa shape index (κ2) is 5.85. The van der Waals surface area contributed by atoms with Gasteiger partial charge in [0.05, 0.1) is 12.3 Å². The molecular formula is C14H25N3O. The highest BCUT2D eigenvalue weighted by Crippen LogP contribution is 2.31. The Morgan fingerprint density at radius 2 is 2.39 bits per heavy atom. The molecular weight excluding hydrogens is 226 g/mol. The predicted octanol–water partition coefficient (Wildman–Crippen LogP) is 1.76. The van der Waals surface area contributed by atoms with Crippen molar-refractivity contribution < 1.29 is 4.74 Å². The molecule has 0 saturated carbocycles. The lowest BCUT2D eigenvalue weighted by molar-refractivity contribution is -0.00855. The Balaban J connectivity index is 2.03. The van der Waals surface area contributed by atoms with E-state index in [1.54, 1.807) is 0 Å². The largest absolute Gasteiger partial charge is 0.381 e. The summed E-state index contributed by atoms with van der Waals surface area (Å²) in [5.41, 5.74) is 1.39. The summed E-state index contributed by atoms with van der Waals surface area (Å²) < 4.78 is 7.60. The van der Waals surface area contributed by atoms with Gasteiger partial charge >= 0.3 is 0 Å². The van der Waals surface area contributed by atoms with E-state index in [-0.39, 0.29) is 5.41 Å². The molecule has 1 fully saturated rings. The van der Waals surface area contributed by atoms with Crippen molar-refractivity contribution in [3.8, 4) is 0 Å². The molecule has 1 aromatic rings. The van der Waals surface area contributed by atoms with Crippen molar-refractivity contribution >= 4 is 0 Å². The van der Waals surface area contributed by atoms with Gasteiger partial charge < -0.3 is 10.1 Å². The summed E-state index contributed by atoms with van der Waals surface area (Å²) in [6.45, 7) is 7.16. The van der Waals surface area contributed by atoms with Crippen LogP contribution in [0, 0.1) is 5.41 Å². The minimum absolute atomic E-state index is 0.219. The number of ether oxygens (including phenoxy) is 1. The molecule has 2 rings (SSSR count). The van der Waals surface area contributed by atoms with Crippen LogP contribution in [0.25, 0.3) is 0 Å². The summed E-state index contributed by atoms with van der Waals surface area (Å²) in [5.74, 6) is 0. The molecule has 1 aromatic heterocycles. The molecule has 102 valence electrons. The Labute approximate surface area is 110 Å². The topological polar surface area (TPSA) is 39.1 Å². The van der Waals surface area contributed by atoms with Crippen molar-refractivity contribution in [3.63, 3.8) is 0 Å². The summed E-state index contributed by atoms with van der Waals surface area (Å²) in [7, 11) is 1.97. The molecule has 0 aromatic carbocycles. The van der Waals surface area contributed by atoms with Crippen molar-refractivity contribution in [1.82, 2.24) is 15.1 Å². The molecule has 0 bridgehead atoms. The number of nitrogens with zero attached hydrogens (tertiary/aromatic N) is 2. The monoisotopic (exact) mass is 251 g/mol. The zero-order valence-electron chi connectivity index (χ0n) is 11.8. The second-order valence-electron chi connectivity index (χ2n) is 5.85. The van der Waals surface area contributed by atoms with Crippen molar-refractivity contribution in [1.29, 1.82) is 0 Å². The van der Waals surface area contributed by atoms with Gasteiger partial charge in [-0.1, -0.05) is 13.8 Å². The van der Waals surface area contributed by atoms with Crippen LogP contribution in [0.1, 0.15) is 32.4 Å². The predicted molar refractivity (Wildman–Crippen MR) is 72.5 cm³/mol. The van der Waals surface area contributed by atoms with Gasteiger partial charge in [0.15, 0.2) is 0 Å². The maximum absolute atomic E-state index is 5.72. The minimum Gasteiger partial charge on any atom is -0.381 e. The first-order valence-corrected chi connectivity index (χ1v) is 6.89. The van der Waals surface area contributed by atoms with Gasteiger partial charge in [0.1, 0.15) is 0 Å². The van der Waals surface area contributed by atoms with E-state index in [4.69, 9.17) is 4.74 Å². The summed E-state index contributed by atoms with van der Waals surface area (Å²) in [6, 6.07) is 2.64. The first-order chi connectivity index (χ1) is 8.60. The third kappa shape index (κ3) is 3.56. The van der Waals surface area contributed by atoms with E-state index < -0.39 is 0 Å². The maximum atomic E-state index is 5.72. The normalized spacial score (nSPS) is 24.7. The highest BCUT2D eigenvalue weighted by Gasteiger charge is 2.33. The number of hydrogen-bond acceptors (Lipinski definition) is 3. The molecule has 0 spiro atoms. The van der Waals surface area contributed by atoms with E-state index >= 15 is 0 Å². The van der Waals surface area contributed by atoms with Gasteiger partial charge in [0, 0.05) is 44.3 Å². The van der Waals surface area contributed by atoms with Crippen LogP contribution in [0.4, 0.5) is 0 Å². The molecule has 1 aliphatic rings. The molecule has 1 N–H and O–H groups in total. The van der Waals surface area contributed by atoms with Crippen LogP contribution in [0.15, 0.2) is 12.3 Å². The van der Waals surface area contributed by atoms with Crippen LogP contribution in [-0.2, 0) is 18.2 Å². The Kier molecular flexibility index (Phi) is 4.40. The molecule has 2 heterocycles. The molecule has 1 atom stereocenters. The average molecular weight is 251 g/mol. The Bertz CT molecular complexity index is 367. The van der Waals surface area contributed by atoms with Crippen LogP contribution in [0.3, 0.4) is 0 Å². The molecule has 1 saturated heterocycles. The first kappa shape index (κ1) is 13.6. The van der Waals surface area contributed by atoms with Crippen molar-refractivity contribution in [2.45, 2.75) is 39.2 Å². The van der Waals surface area contributed by atoms with Gasteiger partial charge in [-0.05, 0) is 18.9 Å². The van der Waals surface area contributed by atoms with Gasteiger partial charge in [0.25, 0.3) is 0 Å². The molecule has 4 nitrogen and oxygen atoms in total. The van der Waals surface area contributed by atoms with E-state index in [0.29, 0.717) is 6.04 Å². The second-order valence-corrected chi connectivity index (χ2v) is 5.85. The molecule has 1 unspecified atom stereocenters. The lowest BCUT2D eigenvalue weighted by Gasteiger charge is -2.37. The summed E-state index contributed by atoms with van der Waals surface area (Å²) >= 11 is 0. The quantitative estimate of drug-likeness (QED) is 0.866. The lowest BCUT2D eigenvalue weighted by atomic mass is 9.78. The van der Waals surface area contributed by atoms with Gasteiger partial charge in [0.2, 0.25) is 0 Å². The molecule has 4 heteroatoms. The zero-order valence-corrected chi connectivity index (χ0v) is 11.8. The Morgan fingerprint density at radius 3 is 2.94 bits per heavy atom. The van der Waals surface area contributed by atoms with Crippen LogP contribution in [0.2, 0.25) is 0 Å². The van der Waals surface area contributed by atoms with E-state index in [0.717, 1.165) is 32.6 Å². The molecule has 0 aliphatic carbocycles. The van der Waals surface area contributed by atoms with Crippen LogP contribution >= 0.6 is 0 Å². The number of aromatic nitrogens is 2. The third-order valence-corrected chi connectivity index (χ3v) is 3.61. The summed E-state index contributed by atoms with van der Waals surface area (Å²) in [4.78, 5) is 0. The summed E-state index contributed by atoms with van der Waals surface area (Å²) in [6.07, 6.45) is 5.41. The smallest absolute Gasteiger partial charge is 0.0631 e. The van der Waals surface area contributed by atoms with E-state index in [1.165, 1.54) is 12.1 Å². The van der Waals surface area contributed by atoms with Gasteiger partial charge in [-0.3, -0.25) is 4.68 Å². The Morgan fingerprint density at radius 1 is 1.56 bits per heavy atom. The van der Waals surface area contributed by atoms with Crippen molar-refractivity contribution in [2.24, 2.45) is 12.5 Å². The fourth-order valence-corrected chi connectivity index (χ4v) is 2.61.